The molecular formula is C11H20N2O2S. The number of β-lactam (4-membered cyclic amide) rings is 1. The van der Waals surface area contributed by atoms with Crippen molar-refractivity contribution in [2.75, 3.05) is 26.0 Å². The van der Waals surface area contributed by atoms with Crippen LogP contribution in [0.4, 0.5) is 0 Å². The van der Waals surface area contributed by atoms with Crippen LogP contribution in [-0.2, 0) is 9.53 Å². The van der Waals surface area contributed by atoms with Crippen LogP contribution >= 0.6 is 11.8 Å². The van der Waals surface area contributed by atoms with E-state index in [9.17, 15) is 4.79 Å². The molecule has 16 heavy (non-hydrogen) atoms. The molecule has 1 amide bonds. The number of methoxy groups -OCH3 is 1. The third-order valence-electron chi connectivity index (χ3n) is 3.31. The number of amides is 1. The summed E-state index contributed by atoms with van der Waals surface area (Å²) in [7, 11) is 1.63. The van der Waals surface area contributed by atoms with E-state index in [0.29, 0.717) is 0 Å². The minimum Gasteiger partial charge on any atom is -0.353 e. The molecule has 0 spiro atoms. The molecule has 0 saturated carbocycles. The predicted molar refractivity (Wildman–Crippen MR) is 65.2 cm³/mol. The van der Waals surface area contributed by atoms with E-state index in [2.05, 4.69) is 12.2 Å². The predicted octanol–water partition coefficient (Wildman–Crippen LogP) is 1.02. The Hall–Kier alpha value is -0.260. The van der Waals surface area contributed by atoms with Crippen molar-refractivity contribution in [3.63, 3.8) is 0 Å². The third kappa shape index (κ3) is 1.75. The Morgan fingerprint density at radius 3 is 3.12 bits per heavy atom. The van der Waals surface area contributed by atoms with Gasteiger partial charge >= 0.3 is 0 Å². The molecule has 0 aromatic heterocycles. The standard InChI is InChI=1S/C11H20N2O2S/c1-3-4-5-6-12-11(15-2)9(14)13-7-8-16-10(11)13/h10,12H,3-8H2,1-2H3/t10-,11-/m0/s1. The Balaban J connectivity index is 1.90. The highest BCUT2D eigenvalue weighted by Gasteiger charge is 2.63. The average molecular weight is 244 g/mol. The summed E-state index contributed by atoms with van der Waals surface area (Å²) >= 11 is 1.81. The number of nitrogens with zero attached hydrogens (tertiary/aromatic N) is 1. The number of hydrogen-bond donors (Lipinski definition) is 1. The van der Waals surface area contributed by atoms with E-state index >= 15 is 0 Å². The molecule has 0 unspecified atom stereocenters. The number of fused-ring (bicyclic) bond motifs is 1. The Labute approximate surface area is 101 Å². The van der Waals surface area contributed by atoms with Crippen LogP contribution in [0.15, 0.2) is 0 Å². The quantitative estimate of drug-likeness (QED) is 0.430. The van der Waals surface area contributed by atoms with Crippen LogP contribution in [0.5, 0.6) is 0 Å². The molecular weight excluding hydrogens is 224 g/mol. The molecule has 0 aromatic rings. The first-order valence-electron chi connectivity index (χ1n) is 5.99. The van der Waals surface area contributed by atoms with E-state index in [-0.39, 0.29) is 11.3 Å². The van der Waals surface area contributed by atoms with Crippen LogP contribution in [0.3, 0.4) is 0 Å². The van der Waals surface area contributed by atoms with Crippen LogP contribution in [0.25, 0.3) is 0 Å². The minimum absolute atomic E-state index is 0.112. The van der Waals surface area contributed by atoms with Crippen molar-refractivity contribution in [3.05, 3.63) is 0 Å². The number of thioether (sulfide) groups is 1. The van der Waals surface area contributed by atoms with E-state index in [0.717, 1.165) is 25.3 Å². The molecule has 2 heterocycles. The van der Waals surface area contributed by atoms with Crippen LogP contribution in [0.1, 0.15) is 26.2 Å². The monoisotopic (exact) mass is 244 g/mol. The first-order chi connectivity index (χ1) is 7.76. The van der Waals surface area contributed by atoms with Crippen molar-refractivity contribution in [2.45, 2.75) is 37.3 Å². The third-order valence-corrected chi connectivity index (χ3v) is 4.63. The summed E-state index contributed by atoms with van der Waals surface area (Å²) in [6.07, 6.45) is 3.49. The maximum Gasteiger partial charge on any atom is 0.274 e. The first kappa shape index (κ1) is 12.2. The summed E-state index contributed by atoms with van der Waals surface area (Å²) in [6.45, 7) is 3.91. The van der Waals surface area contributed by atoms with Gasteiger partial charge in [-0.25, -0.2) is 0 Å². The Morgan fingerprint density at radius 2 is 2.44 bits per heavy atom. The topological polar surface area (TPSA) is 41.6 Å². The average Bonchev–Trinajstić information content (AvgIpc) is 2.75. The first-order valence-corrected chi connectivity index (χ1v) is 7.04. The zero-order valence-corrected chi connectivity index (χ0v) is 10.8. The van der Waals surface area contributed by atoms with Gasteiger partial charge in [-0.2, -0.15) is 0 Å². The molecule has 92 valence electrons. The molecule has 0 bridgehead atoms. The van der Waals surface area contributed by atoms with E-state index in [1.807, 2.05) is 16.7 Å². The second kappa shape index (κ2) is 4.94. The van der Waals surface area contributed by atoms with E-state index < -0.39 is 5.72 Å². The summed E-state index contributed by atoms with van der Waals surface area (Å²) in [6, 6.07) is 0. The molecule has 2 aliphatic rings. The lowest BCUT2D eigenvalue weighted by Gasteiger charge is -2.51. The molecule has 0 aliphatic carbocycles. The number of unbranched alkanes of at least 4 members (excludes halogenated alkanes) is 2. The van der Waals surface area contributed by atoms with E-state index in [1.54, 1.807) is 7.11 Å². The molecule has 5 heteroatoms. The van der Waals surface area contributed by atoms with Gasteiger partial charge in [-0.3, -0.25) is 10.1 Å². The second-order valence-electron chi connectivity index (χ2n) is 4.30. The van der Waals surface area contributed by atoms with Crippen molar-refractivity contribution >= 4 is 17.7 Å². The van der Waals surface area contributed by atoms with Crippen molar-refractivity contribution < 1.29 is 9.53 Å². The molecule has 2 saturated heterocycles. The fourth-order valence-electron chi connectivity index (χ4n) is 2.34. The van der Waals surface area contributed by atoms with E-state index in [1.165, 1.54) is 12.8 Å². The molecule has 1 N–H and O–H groups in total. The maximum atomic E-state index is 12.0. The summed E-state index contributed by atoms with van der Waals surface area (Å²) < 4.78 is 5.46. The Morgan fingerprint density at radius 1 is 1.62 bits per heavy atom. The smallest absolute Gasteiger partial charge is 0.274 e. The number of carbonyl (C=O) groups excluding carboxylic acids is 1. The largest absolute Gasteiger partial charge is 0.353 e. The van der Waals surface area contributed by atoms with Gasteiger partial charge in [0, 0.05) is 19.4 Å². The molecule has 2 aliphatic heterocycles. The fraction of sp³-hybridized carbons (Fsp3) is 0.909. The number of hydrogen-bond acceptors (Lipinski definition) is 4. The number of carbonyl (C=O) groups is 1. The Bertz CT molecular complexity index is 275. The highest BCUT2D eigenvalue weighted by Crippen LogP contribution is 2.43. The Kier molecular flexibility index (Phi) is 3.77. The number of rotatable bonds is 6. The summed E-state index contributed by atoms with van der Waals surface area (Å²) in [5.74, 6) is 1.14. The van der Waals surface area contributed by atoms with Gasteiger partial charge in [0.15, 0.2) is 0 Å². The van der Waals surface area contributed by atoms with Crippen LogP contribution < -0.4 is 5.32 Å². The zero-order chi connectivity index (χ0) is 11.6. The van der Waals surface area contributed by atoms with Crippen molar-refractivity contribution in [2.24, 2.45) is 0 Å². The van der Waals surface area contributed by atoms with Gasteiger partial charge in [0.1, 0.15) is 5.37 Å². The van der Waals surface area contributed by atoms with Crippen molar-refractivity contribution in [3.8, 4) is 0 Å². The van der Waals surface area contributed by atoms with Gasteiger partial charge in [0.05, 0.1) is 0 Å². The zero-order valence-electron chi connectivity index (χ0n) is 9.99. The van der Waals surface area contributed by atoms with Gasteiger partial charge < -0.3 is 9.64 Å². The molecule has 0 radical (unpaired) electrons. The second-order valence-corrected chi connectivity index (χ2v) is 5.48. The maximum absolute atomic E-state index is 12.0. The molecule has 2 rings (SSSR count). The lowest BCUT2D eigenvalue weighted by Crippen LogP contribution is -2.77. The van der Waals surface area contributed by atoms with Gasteiger partial charge in [0.2, 0.25) is 5.72 Å². The van der Waals surface area contributed by atoms with Crippen molar-refractivity contribution in [1.29, 1.82) is 0 Å². The van der Waals surface area contributed by atoms with Gasteiger partial charge in [0.25, 0.3) is 5.91 Å². The van der Waals surface area contributed by atoms with Gasteiger partial charge in [-0.15, -0.1) is 11.8 Å². The van der Waals surface area contributed by atoms with Crippen LogP contribution in [0.2, 0.25) is 0 Å². The highest BCUT2D eigenvalue weighted by molar-refractivity contribution is 8.00. The fourth-order valence-corrected chi connectivity index (χ4v) is 3.76. The van der Waals surface area contributed by atoms with Gasteiger partial charge in [-0.1, -0.05) is 19.8 Å². The summed E-state index contributed by atoms with van der Waals surface area (Å²) in [4.78, 5) is 13.9. The summed E-state index contributed by atoms with van der Waals surface area (Å²) in [5, 5.41) is 3.49. The molecule has 4 nitrogen and oxygen atoms in total. The normalized spacial score (nSPS) is 32.8. The number of nitrogens with one attached hydrogen (secondary N) is 1. The van der Waals surface area contributed by atoms with Crippen LogP contribution in [0, 0.1) is 0 Å². The SMILES string of the molecule is CCCCCN[C@]1(OC)C(=O)N2CCS[C@H]21. The minimum atomic E-state index is -0.727. The molecule has 2 atom stereocenters. The lowest BCUT2D eigenvalue weighted by molar-refractivity contribution is -0.191. The number of ether oxygens (including phenoxy) is 1. The van der Waals surface area contributed by atoms with Gasteiger partial charge in [-0.05, 0) is 13.0 Å². The van der Waals surface area contributed by atoms with E-state index in [4.69, 9.17) is 4.74 Å². The lowest BCUT2D eigenvalue weighted by atomic mass is 10.0. The molecule has 0 aromatic carbocycles. The van der Waals surface area contributed by atoms with Crippen LogP contribution in [-0.4, -0.2) is 47.9 Å². The highest BCUT2D eigenvalue weighted by atomic mass is 32.2. The summed E-state index contributed by atoms with van der Waals surface area (Å²) in [5.41, 5.74) is -0.727. The van der Waals surface area contributed by atoms with Crippen molar-refractivity contribution in [1.82, 2.24) is 10.2 Å². The molecule has 2 fully saturated rings.